The number of carbonyl (C=O) groups is 1. The van der Waals surface area contributed by atoms with Gasteiger partial charge in [0.2, 0.25) is 15.9 Å². The van der Waals surface area contributed by atoms with Crippen LogP contribution in [-0.4, -0.2) is 19.9 Å². The first kappa shape index (κ1) is 19.4. The van der Waals surface area contributed by atoms with E-state index in [4.69, 9.17) is 17.3 Å². The molecule has 0 saturated carbocycles. The van der Waals surface area contributed by atoms with Crippen LogP contribution in [0.15, 0.2) is 53.4 Å². The summed E-state index contributed by atoms with van der Waals surface area (Å²) in [6.45, 7) is 5.35. The molecule has 0 fully saturated rings. The number of alkyl halides is 1. The highest BCUT2D eigenvalue weighted by Gasteiger charge is 2.24. The summed E-state index contributed by atoms with van der Waals surface area (Å²) in [6.07, 6.45) is 0. The second-order valence-electron chi connectivity index (χ2n) is 6.74. The van der Waals surface area contributed by atoms with E-state index in [9.17, 15) is 13.2 Å². The molecule has 0 saturated heterocycles. The Morgan fingerprint density at radius 2 is 1.64 bits per heavy atom. The zero-order valence-corrected chi connectivity index (χ0v) is 15.9. The highest BCUT2D eigenvalue weighted by Crippen LogP contribution is 2.30. The molecule has 1 atom stereocenters. The lowest BCUT2D eigenvalue weighted by molar-refractivity contribution is -0.117. The van der Waals surface area contributed by atoms with E-state index >= 15 is 0 Å². The fourth-order valence-corrected chi connectivity index (χ4v) is 4.19. The Morgan fingerprint density at radius 3 is 2.16 bits per heavy atom. The monoisotopic (exact) mass is 380 g/mol. The van der Waals surface area contributed by atoms with E-state index in [1.54, 1.807) is 69.3 Å². The van der Waals surface area contributed by atoms with E-state index in [-0.39, 0.29) is 4.90 Å². The van der Waals surface area contributed by atoms with Crippen LogP contribution in [0.3, 0.4) is 0 Å². The molecule has 0 radical (unpaired) electrons. The normalized spacial score (nSPS) is 13.4. The van der Waals surface area contributed by atoms with Gasteiger partial charge < -0.3 is 5.73 Å². The molecule has 1 amide bonds. The van der Waals surface area contributed by atoms with E-state index < -0.39 is 26.8 Å². The predicted octanol–water partition coefficient (Wildman–Crippen LogP) is 3.20. The Kier molecular flexibility index (Phi) is 5.56. The fraction of sp³-hybridized carbons (Fsp3) is 0.278. The highest BCUT2D eigenvalue weighted by atomic mass is 35.5. The maximum atomic E-state index is 12.7. The summed E-state index contributed by atoms with van der Waals surface area (Å²) in [4.78, 5) is 11.4. The van der Waals surface area contributed by atoms with E-state index in [1.807, 2.05) is 0 Å². The number of hydrogen-bond acceptors (Lipinski definition) is 3. The molecule has 0 aliphatic heterocycles. The minimum Gasteiger partial charge on any atom is -0.368 e. The summed E-state index contributed by atoms with van der Waals surface area (Å²) < 4.78 is 28.1. The van der Waals surface area contributed by atoms with E-state index in [0.29, 0.717) is 16.7 Å². The van der Waals surface area contributed by atoms with Crippen molar-refractivity contribution in [1.29, 1.82) is 0 Å². The average molecular weight is 381 g/mol. The van der Waals surface area contributed by atoms with Gasteiger partial charge >= 0.3 is 0 Å². The molecular weight excluding hydrogens is 360 g/mol. The first-order chi connectivity index (χ1) is 11.5. The summed E-state index contributed by atoms with van der Waals surface area (Å²) in [6, 6.07) is 13.5. The number of primary amides is 1. The Balaban J connectivity index is 2.47. The SMILES string of the molecule is CC(C)(C)NS(=O)(=O)c1ccccc1-c1ccc(C(Cl)C(N)=O)cc1. The van der Waals surface area contributed by atoms with Gasteiger partial charge in [0.25, 0.3) is 0 Å². The molecule has 0 aliphatic rings. The topological polar surface area (TPSA) is 89.3 Å². The van der Waals surface area contributed by atoms with Gasteiger partial charge in [-0.15, -0.1) is 11.6 Å². The zero-order valence-electron chi connectivity index (χ0n) is 14.3. The van der Waals surface area contributed by atoms with Crippen molar-refractivity contribution < 1.29 is 13.2 Å². The molecular formula is C18H21ClN2O3S. The molecule has 0 heterocycles. The maximum absolute atomic E-state index is 12.7. The van der Waals surface area contributed by atoms with Gasteiger partial charge in [0, 0.05) is 11.1 Å². The van der Waals surface area contributed by atoms with E-state index in [0.717, 1.165) is 0 Å². The smallest absolute Gasteiger partial charge is 0.241 e. The van der Waals surface area contributed by atoms with Crippen molar-refractivity contribution in [3.63, 3.8) is 0 Å². The van der Waals surface area contributed by atoms with Crippen LogP contribution in [0.4, 0.5) is 0 Å². The Morgan fingerprint density at radius 1 is 1.08 bits per heavy atom. The molecule has 0 spiro atoms. The van der Waals surface area contributed by atoms with Crippen LogP contribution >= 0.6 is 11.6 Å². The van der Waals surface area contributed by atoms with Gasteiger partial charge in [0.05, 0.1) is 4.90 Å². The molecule has 1 unspecified atom stereocenters. The van der Waals surface area contributed by atoms with E-state index in [2.05, 4.69) is 4.72 Å². The van der Waals surface area contributed by atoms with Crippen LogP contribution in [-0.2, 0) is 14.8 Å². The van der Waals surface area contributed by atoms with Gasteiger partial charge in [0.1, 0.15) is 5.38 Å². The largest absolute Gasteiger partial charge is 0.368 e. The van der Waals surface area contributed by atoms with Crippen molar-refractivity contribution in [3.8, 4) is 11.1 Å². The summed E-state index contributed by atoms with van der Waals surface area (Å²) >= 11 is 5.94. The molecule has 7 heteroatoms. The summed E-state index contributed by atoms with van der Waals surface area (Å²) in [5.74, 6) is -0.633. The van der Waals surface area contributed by atoms with Crippen molar-refractivity contribution >= 4 is 27.5 Å². The Hall–Kier alpha value is -1.89. The van der Waals surface area contributed by atoms with Crippen LogP contribution in [0.25, 0.3) is 11.1 Å². The number of sulfonamides is 1. The van der Waals surface area contributed by atoms with Crippen molar-refractivity contribution in [2.24, 2.45) is 5.73 Å². The van der Waals surface area contributed by atoms with Crippen molar-refractivity contribution in [2.75, 3.05) is 0 Å². The van der Waals surface area contributed by atoms with Crippen molar-refractivity contribution in [3.05, 3.63) is 54.1 Å². The first-order valence-electron chi connectivity index (χ1n) is 7.68. The Labute approximate surface area is 153 Å². The number of carbonyl (C=O) groups excluding carboxylic acids is 1. The molecule has 2 rings (SSSR count). The minimum absolute atomic E-state index is 0.190. The highest BCUT2D eigenvalue weighted by molar-refractivity contribution is 7.89. The third kappa shape index (κ3) is 4.81. The molecule has 0 aromatic heterocycles. The second-order valence-corrected chi connectivity index (χ2v) is 8.83. The molecule has 2 aromatic carbocycles. The summed E-state index contributed by atoms with van der Waals surface area (Å²) in [7, 11) is -3.69. The van der Waals surface area contributed by atoms with Crippen LogP contribution in [0.1, 0.15) is 31.7 Å². The molecule has 134 valence electrons. The van der Waals surface area contributed by atoms with Gasteiger partial charge in [-0.25, -0.2) is 13.1 Å². The third-order valence-electron chi connectivity index (χ3n) is 3.38. The molecule has 5 nitrogen and oxygen atoms in total. The van der Waals surface area contributed by atoms with Crippen LogP contribution in [0, 0.1) is 0 Å². The number of hydrogen-bond donors (Lipinski definition) is 2. The third-order valence-corrected chi connectivity index (χ3v) is 5.66. The lowest BCUT2D eigenvalue weighted by atomic mass is 10.0. The number of benzene rings is 2. The number of rotatable bonds is 5. The van der Waals surface area contributed by atoms with Gasteiger partial charge in [-0.05, 0) is 38.0 Å². The maximum Gasteiger partial charge on any atom is 0.241 e. The number of nitrogens with two attached hydrogens (primary N) is 1. The molecule has 0 bridgehead atoms. The summed E-state index contributed by atoms with van der Waals surface area (Å²) in [5, 5.41) is -0.921. The first-order valence-corrected chi connectivity index (χ1v) is 9.60. The average Bonchev–Trinajstić information content (AvgIpc) is 2.52. The van der Waals surface area contributed by atoms with Gasteiger partial charge in [-0.1, -0.05) is 42.5 Å². The number of amides is 1. The van der Waals surface area contributed by atoms with Crippen LogP contribution in [0.2, 0.25) is 0 Å². The Bertz CT molecular complexity index is 872. The number of nitrogens with one attached hydrogen (secondary N) is 1. The predicted molar refractivity (Wildman–Crippen MR) is 99.7 cm³/mol. The lowest BCUT2D eigenvalue weighted by Gasteiger charge is -2.21. The van der Waals surface area contributed by atoms with Crippen LogP contribution in [0.5, 0.6) is 0 Å². The van der Waals surface area contributed by atoms with Gasteiger partial charge in [-0.3, -0.25) is 4.79 Å². The van der Waals surface area contributed by atoms with Crippen LogP contribution < -0.4 is 10.5 Å². The molecule has 2 aromatic rings. The second kappa shape index (κ2) is 7.15. The van der Waals surface area contributed by atoms with Crippen molar-refractivity contribution in [1.82, 2.24) is 4.72 Å². The zero-order chi connectivity index (χ0) is 18.8. The van der Waals surface area contributed by atoms with E-state index in [1.165, 1.54) is 0 Å². The quantitative estimate of drug-likeness (QED) is 0.780. The fourth-order valence-electron chi connectivity index (χ4n) is 2.39. The lowest BCUT2D eigenvalue weighted by Crippen LogP contribution is -2.40. The van der Waals surface area contributed by atoms with Gasteiger partial charge in [-0.2, -0.15) is 0 Å². The molecule has 3 N–H and O–H groups in total. The minimum atomic E-state index is -3.69. The molecule has 0 aliphatic carbocycles. The standard InChI is InChI=1S/C18H21ClN2O3S/c1-18(2,3)21-25(23,24)15-7-5-4-6-14(15)12-8-10-13(11-9-12)16(19)17(20)22/h4-11,16,21H,1-3H3,(H2,20,22). The van der Waals surface area contributed by atoms with Crippen molar-refractivity contribution in [2.45, 2.75) is 36.6 Å². The molecule has 25 heavy (non-hydrogen) atoms. The number of halogens is 1. The van der Waals surface area contributed by atoms with Gasteiger partial charge in [0.15, 0.2) is 0 Å². The summed E-state index contributed by atoms with van der Waals surface area (Å²) in [5.41, 5.74) is 6.43.